The van der Waals surface area contributed by atoms with Crippen LogP contribution < -0.4 is 5.73 Å². The monoisotopic (exact) mass is 221 g/mol. The first-order chi connectivity index (χ1) is 7.39. The van der Waals surface area contributed by atoms with Crippen molar-refractivity contribution in [2.45, 2.75) is 26.8 Å². The summed E-state index contributed by atoms with van der Waals surface area (Å²) in [6.07, 6.45) is 0. The summed E-state index contributed by atoms with van der Waals surface area (Å²) in [5.74, 6) is 0.289. The topological polar surface area (TPSA) is 39.2 Å². The molecular formula is C13H16FNO. The molecule has 2 nitrogen and oxygen atoms in total. The fourth-order valence-corrected chi connectivity index (χ4v) is 1.63. The summed E-state index contributed by atoms with van der Waals surface area (Å²) in [5.41, 5.74) is 6.25. The molecule has 1 atom stereocenters. The minimum atomic E-state index is -0.343. The predicted octanol–water partition coefficient (Wildman–Crippen LogP) is 3.62. The highest BCUT2D eigenvalue weighted by Crippen LogP contribution is 2.34. The van der Waals surface area contributed by atoms with Crippen LogP contribution >= 0.6 is 0 Å². The molecule has 1 aromatic heterocycles. The Morgan fingerprint density at radius 3 is 2.56 bits per heavy atom. The summed E-state index contributed by atoms with van der Waals surface area (Å²) in [5, 5.41) is 0.759. The van der Waals surface area contributed by atoms with Gasteiger partial charge in [0.05, 0.1) is 6.04 Å². The lowest BCUT2D eigenvalue weighted by atomic mass is 9.86. The summed E-state index contributed by atoms with van der Waals surface area (Å²) >= 11 is 0. The molecule has 1 heterocycles. The van der Waals surface area contributed by atoms with Crippen LogP contribution in [0.4, 0.5) is 4.39 Å². The van der Waals surface area contributed by atoms with Crippen molar-refractivity contribution in [3.63, 3.8) is 0 Å². The highest BCUT2D eigenvalue weighted by atomic mass is 19.1. The molecule has 0 bridgehead atoms. The van der Waals surface area contributed by atoms with Gasteiger partial charge >= 0.3 is 0 Å². The van der Waals surface area contributed by atoms with Gasteiger partial charge in [0, 0.05) is 5.39 Å². The van der Waals surface area contributed by atoms with Crippen molar-refractivity contribution >= 4 is 11.0 Å². The van der Waals surface area contributed by atoms with Crippen molar-refractivity contribution in [2.24, 2.45) is 11.1 Å². The second-order valence-corrected chi connectivity index (χ2v) is 5.15. The lowest BCUT2D eigenvalue weighted by Crippen LogP contribution is -2.25. The zero-order valence-corrected chi connectivity index (χ0v) is 9.75. The fraction of sp³-hybridized carbons (Fsp3) is 0.385. The highest BCUT2D eigenvalue weighted by molar-refractivity contribution is 5.78. The zero-order valence-electron chi connectivity index (χ0n) is 9.75. The molecule has 16 heavy (non-hydrogen) atoms. The van der Waals surface area contributed by atoms with Crippen molar-refractivity contribution in [1.29, 1.82) is 0 Å². The second-order valence-electron chi connectivity index (χ2n) is 5.15. The van der Waals surface area contributed by atoms with E-state index in [4.69, 9.17) is 10.2 Å². The second kappa shape index (κ2) is 3.59. The number of nitrogens with two attached hydrogens (primary N) is 1. The number of hydrogen-bond donors (Lipinski definition) is 1. The van der Waals surface area contributed by atoms with Gasteiger partial charge in [0.25, 0.3) is 0 Å². The van der Waals surface area contributed by atoms with E-state index in [9.17, 15) is 4.39 Å². The molecule has 0 unspecified atom stereocenters. The van der Waals surface area contributed by atoms with E-state index < -0.39 is 0 Å². The number of fused-ring (bicyclic) bond motifs is 1. The predicted molar refractivity (Wildman–Crippen MR) is 62.6 cm³/mol. The maximum Gasteiger partial charge on any atom is 0.169 e. The molecule has 2 N–H and O–H groups in total. The third-order valence-corrected chi connectivity index (χ3v) is 2.75. The summed E-state index contributed by atoms with van der Waals surface area (Å²) in [6.45, 7) is 6.09. The van der Waals surface area contributed by atoms with E-state index in [1.165, 1.54) is 6.07 Å². The minimum Gasteiger partial charge on any atom is -0.456 e. The number of halogens is 1. The van der Waals surface area contributed by atoms with Gasteiger partial charge in [0.1, 0.15) is 5.76 Å². The standard InChI is InChI=1S/C13H16FNO/c1-13(2,3)12(15)10-7-8-5-4-6-9(14)11(8)16-10/h4-7,12H,15H2,1-3H3/t12-/m0/s1. The quantitative estimate of drug-likeness (QED) is 0.798. The Balaban J connectivity index is 2.52. The maximum atomic E-state index is 13.4. The summed E-state index contributed by atoms with van der Waals surface area (Å²) < 4.78 is 18.9. The van der Waals surface area contributed by atoms with Crippen LogP contribution in [0.1, 0.15) is 32.6 Å². The van der Waals surface area contributed by atoms with Gasteiger partial charge in [-0.25, -0.2) is 4.39 Å². The molecule has 0 saturated carbocycles. The van der Waals surface area contributed by atoms with E-state index in [0.29, 0.717) is 5.76 Å². The van der Waals surface area contributed by atoms with Crippen molar-refractivity contribution < 1.29 is 8.81 Å². The molecule has 2 rings (SSSR count). The van der Waals surface area contributed by atoms with Gasteiger partial charge < -0.3 is 10.2 Å². The normalized spacial score (nSPS) is 14.3. The molecule has 3 heteroatoms. The summed E-state index contributed by atoms with van der Waals surface area (Å²) in [6, 6.07) is 6.45. The van der Waals surface area contributed by atoms with Crippen LogP contribution in [0.25, 0.3) is 11.0 Å². The Kier molecular flexibility index (Phi) is 2.50. The molecule has 0 aliphatic rings. The number of furan rings is 1. The number of rotatable bonds is 1. The van der Waals surface area contributed by atoms with E-state index in [-0.39, 0.29) is 22.9 Å². The van der Waals surface area contributed by atoms with E-state index >= 15 is 0 Å². The average Bonchev–Trinajstić information content (AvgIpc) is 2.60. The largest absolute Gasteiger partial charge is 0.456 e. The van der Waals surface area contributed by atoms with Gasteiger partial charge in [-0.05, 0) is 17.5 Å². The van der Waals surface area contributed by atoms with Crippen molar-refractivity contribution in [3.05, 3.63) is 35.8 Å². The zero-order chi connectivity index (χ0) is 11.9. The van der Waals surface area contributed by atoms with Crippen molar-refractivity contribution in [2.75, 3.05) is 0 Å². The Bertz CT molecular complexity index is 510. The summed E-state index contributed by atoms with van der Waals surface area (Å²) in [7, 11) is 0. The Labute approximate surface area is 94.2 Å². The van der Waals surface area contributed by atoms with E-state index in [0.717, 1.165) is 5.39 Å². The molecule has 0 saturated heterocycles. The third-order valence-electron chi connectivity index (χ3n) is 2.75. The molecule has 1 aromatic carbocycles. The minimum absolute atomic E-state index is 0.107. The lowest BCUT2D eigenvalue weighted by molar-refractivity contribution is 0.289. The Morgan fingerprint density at radius 1 is 1.31 bits per heavy atom. The van der Waals surface area contributed by atoms with Crippen LogP contribution in [-0.4, -0.2) is 0 Å². The molecule has 0 spiro atoms. The molecule has 0 radical (unpaired) electrons. The maximum absolute atomic E-state index is 13.4. The van der Waals surface area contributed by atoms with Gasteiger partial charge in [-0.3, -0.25) is 0 Å². The first-order valence-corrected chi connectivity index (χ1v) is 5.33. The molecule has 0 aliphatic carbocycles. The van der Waals surface area contributed by atoms with Crippen LogP contribution in [0.5, 0.6) is 0 Å². The number of benzene rings is 1. The molecule has 0 aliphatic heterocycles. The van der Waals surface area contributed by atoms with E-state index in [1.54, 1.807) is 6.07 Å². The fourth-order valence-electron chi connectivity index (χ4n) is 1.63. The molecular weight excluding hydrogens is 205 g/mol. The van der Waals surface area contributed by atoms with Gasteiger partial charge in [-0.15, -0.1) is 0 Å². The first-order valence-electron chi connectivity index (χ1n) is 5.33. The van der Waals surface area contributed by atoms with Crippen LogP contribution in [-0.2, 0) is 0 Å². The van der Waals surface area contributed by atoms with Gasteiger partial charge in [0.15, 0.2) is 11.4 Å². The van der Waals surface area contributed by atoms with Crippen LogP contribution in [0.2, 0.25) is 0 Å². The Hall–Kier alpha value is -1.35. The molecule has 0 fully saturated rings. The van der Waals surface area contributed by atoms with Crippen LogP contribution in [0.3, 0.4) is 0 Å². The third kappa shape index (κ3) is 1.83. The van der Waals surface area contributed by atoms with Gasteiger partial charge in [-0.1, -0.05) is 32.9 Å². The molecule has 86 valence electrons. The van der Waals surface area contributed by atoms with Crippen LogP contribution in [0.15, 0.2) is 28.7 Å². The van der Waals surface area contributed by atoms with Gasteiger partial charge in [0.2, 0.25) is 0 Å². The van der Waals surface area contributed by atoms with Crippen molar-refractivity contribution in [1.82, 2.24) is 0 Å². The van der Waals surface area contributed by atoms with Crippen LogP contribution in [0, 0.1) is 11.2 Å². The Morgan fingerprint density at radius 2 is 2.00 bits per heavy atom. The van der Waals surface area contributed by atoms with Gasteiger partial charge in [-0.2, -0.15) is 0 Å². The first kappa shape index (κ1) is 11.1. The smallest absolute Gasteiger partial charge is 0.169 e. The number of hydrogen-bond acceptors (Lipinski definition) is 2. The summed E-state index contributed by atoms with van der Waals surface area (Å²) in [4.78, 5) is 0. The SMILES string of the molecule is CC(C)(C)[C@@H](N)c1cc2cccc(F)c2o1. The van der Waals surface area contributed by atoms with E-state index in [1.807, 2.05) is 32.9 Å². The average molecular weight is 221 g/mol. The molecule has 2 aromatic rings. The molecule has 0 amide bonds. The lowest BCUT2D eigenvalue weighted by Gasteiger charge is -2.24. The van der Waals surface area contributed by atoms with E-state index in [2.05, 4.69) is 0 Å². The number of para-hydroxylation sites is 1. The highest BCUT2D eigenvalue weighted by Gasteiger charge is 2.25. The van der Waals surface area contributed by atoms with Crippen molar-refractivity contribution in [3.8, 4) is 0 Å².